The summed E-state index contributed by atoms with van der Waals surface area (Å²) in [6.07, 6.45) is 0.690. The molecule has 0 aromatic heterocycles. The molecule has 1 fully saturated rings. The Kier molecular flexibility index (Phi) is 4.50. The number of rotatable bonds is 4. The van der Waals surface area contributed by atoms with Gasteiger partial charge in [0.05, 0.1) is 16.1 Å². The molecule has 0 saturated carbocycles. The molecule has 1 aromatic rings. The molecule has 0 radical (unpaired) electrons. The Hall–Kier alpha value is -0.876. The van der Waals surface area contributed by atoms with Crippen LogP contribution in [0.1, 0.15) is 17.9 Å². The van der Waals surface area contributed by atoms with E-state index in [9.17, 15) is 4.79 Å². The first kappa shape index (κ1) is 16.5. The summed E-state index contributed by atoms with van der Waals surface area (Å²) in [6, 6.07) is 10.5. The Bertz CT molecular complexity index is 488. The normalized spacial score (nSPS) is 20.4. The zero-order valence-corrected chi connectivity index (χ0v) is 16.3. The van der Waals surface area contributed by atoms with Crippen LogP contribution in [-0.2, 0) is 4.79 Å². The Morgan fingerprint density at radius 3 is 2.00 bits per heavy atom. The van der Waals surface area contributed by atoms with Crippen molar-refractivity contribution in [3.63, 3.8) is 0 Å². The molecule has 0 bridgehead atoms. The summed E-state index contributed by atoms with van der Waals surface area (Å²) in [7, 11) is -2.79. The third-order valence-electron chi connectivity index (χ3n) is 4.38. The fraction of sp³-hybridized carbons (Fsp3) is 0.588. The minimum Gasteiger partial charge on any atom is -0.345 e. The summed E-state index contributed by atoms with van der Waals surface area (Å²) in [5.74, 6) is 0.757. The highest BCUT2D eigenvalue weighted by molar-refractivity contribution is 6.96. The summed E-state index contributed by atoms with van der Waals surface area (Å²) in [5.41, 5.74) is 1.32. The molecule has 116 valence electrons. The van der Waals surface area contributed by atoms with E-state index in [1.807, 2.05) is 6.07 Å². The molecule has 0 N–H and O–H groups in total. The molecule has 1 aromatic carbocycles. The van der Waals surface area contributed by atoms with Crippen LogP contribution in [0, 0.1) is 0 Å². The van der Waals surface area contributed by atoms with Gasteiger partial charge in [-0.05, 0) is 5.56 Å². The Balaban J connectivity index is 2.26. The van der Waals surface area contributed by atoms with Crippen molar-refractivity contribution in [1.82, 2.24) is 4.90 Å². The minimum absolute atomic E-state index is 0.374. The quantitative estimate of drug-likeness (QED) is 0.764. The number of carbonyl (C=O) groups is 1. The molecule has 0 spiro atoms. The van der Waals surface area contributed by atoms with Crippen molar-refractivity contribution in [3.05, 3.63) is 35.9 Å². The van der Waals surface area contributed by atoms with Crippen molar-refractivity contribution in [3.8, 4) is 0 Å². The summed E-state index contributed by atoms with van der Waals surface area (Å²) in [5, 5.41) is 0.534. The first-order valence-corrected chi connectivity index (χ1v) is 15.1. The van der Waals surface area contributed by atoms with Crippen LogP contribution in [0.25, 0.3) is 0 Å². The molecular weight excluding hydrogens is 290 g/mol. The maximum atomic E-state index is 12.7. The van der Waals surface area contributed by atoms with Crippen LogP contribution >= 0.6 is 0 Å². The molecule has 4 heteroatoms. The van der Waals surface area contributed by atoms with Crippen molar-refractivity contribution in [2.24, 2.45) is 0 Å². The van der Waals surface area contributed by atoms with Gasteiger partial charge in [0.15, 0.2) is 0 Å². The van der Waals surface area contributed by atoms with Gasteiger partial charge < -0.3 is 4.90 Å². The maximum Gasteiger partial charge on any atom is 0.222 e. The molecule has 2 rings (SSSR count). The van der Waals surface area contributed by atoms with E-state index in [0.29, 0.717) is 23.5 Å². The van der Waals surface area contributed by atoms with E-state index < -0.39 is 16.1 Å². The van der Waals surface area contributed by atoms with Gasteiger partial charge >= 0.3 is 0 Å². The molecule has 0 unspecified atom stereocenters. The molecule has 1 heterocycles. The van der Waals surface area contributed by atoms with Crippen LogP contribution in [-0.4, -0.2) is 38.8 Å². The summed E-state index contributed by atoms with van der Waals surface area (Å²) in [4.78, 5) is 14.9. The average Bonchev–Trinajstić information content (AvgIpc) is 2.69. The highest BCUT2D eigenvalue weighted by Crippen LogP contribution is 2.34. The van der Waals surface area contributed by atoms with Crippen LogP contribution in [0.15, 0.2) is 30.3 Å². The molecule has 0 aliphatic carbocycles. The monoisotopic (exact) mass is 319 g/mol. The lowest BCUT2D eigenvalue weighted by molar-refractivity contribution is -0.127. The van der Waals surface area contributed by atoms with Crippen LogP contribution < -0.4 is 0 Å². The largest absolute Gasteiger partial charge is 0.345 e. The smallest absolute Gasteiger partial charge is 0.222 e. The van der Waals surface area contributed by atoms with Crippen molar-refractivity contribution >= 4 is 22.1 Å². The molecule has 1 aliphatic heterocycles. The topological polar surface area (TPSA) is 20.3 Å². The Labute approximate surface area is 131 Å². The average molecular weight is 320 g/mol. The number of nitrogens with zero attached hydrogens (tertiary/aromatic N) is 1. The van der Waals surface area contributed by atoms with Gasteiger partial charge in [-0.15, -0.1) is 0 Å². The number of hydrogen-bond acceptors (Lipinski definition) is 1. The molecule has 1 amide bonds. The zero-order valence-electron chi connectivity index (χ0n) is 14.3. The Morgan fingerprint density at radius 2 is 1.52 bits per heavy atom. The van der Waals surface area contributed by atoms with Crippen LogP contribution in [0.4, 0.5) is 0 Å². The minimum atomic E-state index is -1.39. The van der Waals surface area contributed by atoms with E-state index in [2.05, 4.69) is 68.4 Å². The number of benzene rings is 1. The van der Waals surface area contributed by atoms with Crippen LogP contribution in [0.3, 0.4) is 0 Å². The van der Waals surface area contributed by atoms with Crippen molar-refractivity contribution < 1.29 is 4.79 Å². The number of hydrogen-bond donors (Lipinski definition) is 0. The maximum absolute atomic E-state index is 12.7. The second-order valence-electron chi connectivity index (χ2n) is 8.49. The molecule has 1 saturated heterocycles. The van der Waals surface area contributed by atoms with Crippen molar-refractivity contribution in [1.29, 1.82) is 0 Å². The second kappa shape index (κ2) is 5.73. The van der Waals surface area contributed by atoms with Gasteiger partial charge in [-0.3, -0.25) is 4.79 Å². The van der Waals surface area contributed by atoms with Gasteiger partial charge in [-0.2, -0.15) is 0 Å². The fourth-order valence-corrected chi connectivity index (χ4v) is 16.9. The van der Waals surface area contributed by atoms with Crippen LogP contribution in [0.5, 0.6) is 0 Å². The van der Waals surface area contributed by atoms with E-state index in [1.54, 1.807) is 0 Å². The van der Waals surface area contributed by atoms with Crippen molar-refractivity contribution in [2.75, 3.05) is 6.54 Å². The fourth-order valence-electron chi connectivity index (χ4n) is 4.16. The second-order valence-corrected chi connectivity index (χ2v) is 19.6. The number of amides is 1. The zero-order chi connectivity index (χ0) is 15.8. The lowest BCUT2D eigenvalue weighted by Gasteiger charge is -2.44. The van der Waals surface area contributed by atoms with E-state index >= 15 is 0 Å². The standard InChI is InChI=1S/C17H29NOSi2/c1-20(2,3)17(21(4,5)6)18-13-15(12-16(18)19)14-10-8-7-9-11-14/h7-11,15,17H,12-13H2,1-6H3/t15-/m1/s1. The lowest BCUT2D eigenvalue weighted by Crippen LogP contribution is -2.63. The SMILES string of the molecule is C[Si](C)(C)C(N1C[C@H](c2ccccc2)CC1=O)[Si](C)(C)C. The van der Waals surface area contributed by atoms with Gasteiger partial charge in [0, 0.05) is 24.2 Å². The van der Waals surface area contributed by atoms with Gasteiger partial charge in [0.25, 0.3) is 0 Å². The molecule has 2 nitrogen and oxygen atoms in total. The van der Waals surface area contributed by atoms with E-state index in [-0.39, 0.29) is 0 Å². The molecule has 1 atom stereocenters. The molecular formula is C17H29NOSi2. The highest BCUT2D eigenvalue weighted by Gasteiger charge is 2.46. The lowest BCUT2D eigenvalue weighted by atomic mass is 9.99. The summed E-state index contributed by atoms with van der Waals surface area (Å²) < 4.78 is 0. The van der Waals surface area contributed by atoms with Crippen molar-refractivity contribution in [2.45, 2.75) is 56.9 Å². The first-order valence-electron chi connectivity index (χ1n) is 7.95. The van der Waals surface area contributed by atoms with Gasteiger partial charge in [-0.25, -0.2) is 0 Å². The number of likely N-dealkylation sites (tertiary alicyclic amines) is 1. The first-order chi connectivity index (χ1) is 9.60. The molecule has 1 aliphatic rings. The Morgan fingerprint density at radius 1 is 1.00 bits per heavy atom. The summed E-state index contributed by atoms with van der Waals surface area (Å²) >= 11 is 0. The molecule has 21 heavy (non-hydrogen) atoms. The van der Waals surface area contributed by atoms with Gasteiger partial charge in [-0.1, -0.05) is 69.6 Å². The number of carbonyl (C=O) groups excluding carboxylic acids is 1. The predicted molar refractivity (Wildman–Crippen MR) is 96.0 cm³/mol. The van der Waals surface area contributed by atoms with E-state index in [0.717, 1.165) is 6.54 Å². The van der Waals surface area contributed by atoms with Gasteiger partial charge in [0.2, 0.25) is 5.91 Å². The van der Waals surface area contributed by atoms with E-state index in [1.165, 1.54) is 5.56 Å². The summed E-state index contributed by atoms with van der Waals surface area (Å²) in [6.45, 7) is 15.4. The van der Waals surface area contributed by atoms with Crippen LogP contribution in [0.2, 0.25) is 39.3 Å². The van der Waals surface area contributed by atoms with Gasteiger partial charge in [0.1, 0.15) is 0 Å². The highest BCUT2D eigenvalue weighted by atomic mass is 28.4. The third kappa shape index (κ3) is 3.66. The third-order valence-corrected chi connectivity index (χ3v) is 13.5. The van der Waals surface area contributed by atoms with E-state index in [4.69, 9.17) is 0 Å². The predicted octanol–water partition coefficient (Wildman–Crippen LogP) is 4.13.